The summed E-state index contributed by atoms with van der Waals surface area (Å²) < 4.78 is 7.67. The number of aryl methyl sites for hydroxylation is 1. The van der Waals surface area contributed by atoms with Gasteiger partial charge in [-0.2, -0.15) is 0 Å². The Morgan fingerprint density at radius 3 is 2.66 bits per heavy atom. The number of piperazine rings is 1. The summed E-state index contributed by atoms with van der Waals surface area (Å²) in [5.41, 5.74) is 3.34. The molecule has 4 rings (SSSR count). The summed E-state index contributed by atoms with van der Waals surface area (Å²) in [6.07, 6.45) is 7.11. The highest BCUT2D eigenvalue weighted by Crippen LogP contribution is 2.19. The largest absolute Gasteiger partial charge is 0.467 e. The predicted molar refractivity (Wildman–Crippen MR) is 114 cm³/mol. The monoisotopic (exact) mass is 390 g/mol. The zero-order valence-corrected chi connectivity index (χ0v) is 16.9. The SMILES string of the molecule is Cc1cc(C=CC(=O)N2CCN(c3ccccn3)CC2)c(C)n1Cc1ccco1. The number of aromatic nitrogens is 2. The van der Waals surface area contributed by atoms with Crippen LogP contribution in [0.25, 0.3) is 6.08 Å². The van der Waals surface area contributed by atoms with Gasteiger partial charge in [0.2, 0.25) is 5.91 Å². The van der Waals surface area contributed by atoms with Gasteiger partial charge in [0.25, 0.3) is 0 Å². The molecule has 1 amide bonds. The van der Waals surface area contributed by atoms with Crippen molar-refractivity contribution in [2.75, 3.05) is 31.1 Å². The molecule has 0 radical (unpaired) electrons. The smallest absolute Gasteiger partial charge is 0.246 e. The summed E-state index contributed by atoms with van der Waals surface area (Å²) in [4.78, 5) is 21.2. The Labute approximate surface area is 171 Å². The highest BCUT2D eigenvalue weighted by Gasteiger charge is 2.20. The van der Waals surface area contributed by atoms with Crippen LogP contribution in [-0.4, -0.2) is 46.5 Å². The summed E-state index contributed by atoms with van der Waals surface area (Å²) >= 11 is 0. The van der Waals surface area contributed by atoms with Crippen molar-refractivity contribution in [3.63, 3.8) is 0 Å². The molecule has 0 aromatic carbocycles. The second-order valence-corrected chi connectivity index (χ2v) is 7.33. The fourth-order valence-corrected chi connectivity index (χ4v) is 3.76. The minimum Gasteiger partial charge on any atom is -0.467 e. The first-order valence-electron chi connectivity index (χ1n) is 9.94. The van der Waals surface area contributed by atoms with Crippen LogP contribution < -0.4 is 4.90 Å². The van der Waals surface area contributed by atoms with E-state index >= 15 is 0 Å². The first-order chi connectivity index (χ1) is 14.1. The van der Waals surface area contributed by atoms with Crippen molar-refractivity contribution in [2.24, 2.45) is 0 Å². The lowest BCUT2D eigenvalue weighted by molar-refractivity contribution is -0.126. The number of rotatable bonds is 5. The number of anilines is 1. The van der Waals surface area contributed by atoms with Crippen molar-refractivity contribution in [3.8, 4) is 0 Å². The maximum absolute atomic E-state index is 12.7. The molecule has 29 heavy (non-hydrogen) atoms. The van der Waals surface area contributed by atoms with E-state index in [0.717, 1.165) is 41.6 Å². The highest BCUT2D eigenvalue weighted by molar-refractivity contribution is 5.92. The van der Waals surface area contributed by atoms with Gasteiger partial charge in [0.15, 0.2) is 0 Å². The second kappa shape index (κ2) is 8.39. The molecule has 4 heterocycles. The van der Waals surface area contributed by atoms with Crippen molar-refractivity contribution in [1.82, 2.24) is 14.5 Å². The third kappa shape index (κ3) is 4.26. The van der Waals surface area contributed by atoms with Gasteiger partial charge in [-0.05, 0) is 55.8 Å². The van der Waals surface area contributed by atoms with Gasteiger partial charge in [-0.3, -0.25) is 4.79 Å². The van der Waals surface area contributed by atoms with Crippen LogP contribution in [0, 0.1) is 13.8 Å². The first kappa shape index (κ1) is 19.1. The summed E-state index contributed by atoms with van der Waals surface area (Å²) in [5, 5.41) is 0. The average molecular weight is 390 g/mol. The number of hydrogen-bond acceptors (Lipinski definition) is 4. The van der Waals surface area contributed by atoms with E-state index in [-0.39, 0.29) is 5.91 Å². The number of nitrogens with zero attached hydrogens (tertiary/aromatic N) is 4. The van der Waals surface area contributed by atoms with Gasteiger partial charge in [-0.15, -0.1) is 0 Å². The minimum atomic E-state index is 0.0570. The zero-order valence-electron chi connectivity index (χ0n) is 16.9. The second-order valence-electron chi connectivity index (χ2n) is 7.33. The molecular weight excluding hydrogens is 364 g/mol. The molecule has 0 spiro atoms. The van der Waals surface area contributed by atoms with E-state index in [2.05, 4.69) is 34.4 Å². The molecule has 1 saturated heterocycles. The molecule has 0 bridgehead atoms. The number of furan rings is 1. The lowest BCUT2D eigenvalue weighted by Crippen LogP contribution is -2.48. The van der Waals surface area contributed by atoms with Gasteiger partial charge in [-0.1, -0.05) is 6.07 Å². The van der Waals surface area contributed by atoms with Crippen molar-refractivity contribution < 1.29 is 9.21 Å². The standard InChI is InChI=1S/C23H26N4O2/c1-18-16-20(19(2)27(18)17-21-6-5-15-29-21)8-9-23(28)26-13-11-25(12-14-26)22-7-3-4-10-24-22/h3-10,15-16H,11-14,17H2,1-2H3. The molecule has 1 aliphatic heterocycles. The molecular formula is C23H26N4O2. The van der Waals surface area contributed by atoms with Crippen LogP contribution in [0.3, 0.4) is 0 Å². The Morgan fingerprint density at radius 1 is 1.14 bits per heavy atom. The van der Waals surface area contributed by atoms with Gasteiger partial charge in [-0.25, -0.2) is 4.98 Å². The van der Waals surface area contributed by atoms with E-state index in [4.69, 9.17) is 4.42 Å². The summed E-state index contributed by atoms with van der Waals surface area (Å²) in [5.74, 6) is 1.95. The molecule has 0 unspecified atom stereocenters. The first-order valence-corrected chi connectivity index (χ1v) is 9.94. The maximum atomic E-state index is 12.7. The van der Waals surface area contributed by atoms with Crippen molar-refractivity contribution in [2.45, 2.75) is 20.4 Å². The third-order valence-corrected chi connectivity index (χ3v) is 5.48. The summed E-state index contributed by atoms with van der Waals surface area (Å²) in [6.45, 7) is 7.86. The van der Waals surface area contributed by atoms with Crippen LogP contribution in [0.5, 0.6) is 0 Å². The molecule has 3 aromatic rings. The third-order valence-electron chi connectivity index (χ3n) is 5.48. The van der Waals surface area contributed by atoms with Gasteiger partial charge >= 0.3 is 0 Å². The van der Waals surface area contributed by atoms with Crippen LogP contribution in [0.2, 0.25) is 0 Å². The Kier molecular flexibility index (Phi) is 5.51. The number of amides is 1. The fraction of sp³-hybridized carbons (Fsp3) is 0.304. The number of pyridine rings is 1. The number of hydrogen-bond donors (Lipinski definition) is 0. The highest BCUT2D eigenvalue weighted by atomic mass is 16.3. The predicted octanol–water partition coefficient (Wildman–Crippen LogP) is 3.50. The fourth-order valence-electron chi connectivity index (χ4n) is 3.76. The quantitative estimate of drug-likeness (QED) is 0.626. The molecule has 6 nitrogen and oxygen atoms in total. The molecule has 1 aliphatic rings. The molecule has 3 aromatic heterocycles. The van der Waals surface area contributed by atoms with Crippen LogP contribution in [-0.2, 0) is 11.3 Å². The van der Waals surface area contributed by atoms with Crippen LogP contribution in [0.15, 0.2) is 59.4 Å². The van der Waals surface area contributed by atoms with E-state index in [0.29, 0.717) is 19.6 Å². The maximum Gasteiger partial charge on any atom is 0.246 e. The minimum absolute atomic E-state index is 0.0570. The molecule has 0 N–H and O–H groups in total. The Bertz CT molecular complexity index is 982. The summed E-state index contributed by atoms with van der Waals surface area (Å²) in [7, 11) is 0. The van der Waals surface area contributed by atoms with Gasteiger partial charge in [0.05, 0.1) is 12.8 Å². The van der Waals surface area contributed by atoms with Crippen molar-refractivity contribution >= 4 is 17.8 Å². The topological polar surface area (TPSA) is 54.5 Å². The average Bonchev–Trinajstić information content (AvgIpc) is 3.36. The van der Waals surface area contributed by atoms with E-state index in [1.807, 2.05) is 41.3 Å². The zero-order chi connectivity index (χ0) is 20.2. The van der Waals surface area contributed by atoms with E-state index in [1.165, 1.54) is 0 Å². The normalized spacial score (nSPS) is 14.7. The molecule has 0 atom stereocenters. The number of carbonyl (C=O) groups is 1. The number of carbonyl (C=O) groups excluding carboxylic acids is 1. The van der Waals surface area contributed by atoms with Gasteiger partial charge in [0.1, 0.15) is 11.6 Å². The van der Waals surface area contributed by atoms with Crippen molar-refractivity contribution in [1.29, 1.82) is 0 Å². The Morgan fingerprint density at radius 2 is 1.97 bits per heavy atom. The van der Waals surface area contributed by atoms with Crippen LogP contribution >= 0.6 is 0 Å². The van der Waals surface area contributed by atoms with Crippen LogP contribution in [0.4, 0.5) is 5.82 Å². The molecule has 0 saturated carbocycles. The molecule has 6 heteroatoms. The molecule has 150 valence electrons. The van der Waals surface area contributed by atoms with Crippen molar-refractivity contribution in [3.05, 3.63) is 77.6 Å². The van der Waals surface area contributed by atoms with Crippen LogP contribution in [0.1, 0.15) is 22.7 Å². The van der Waals surface area contributed by atoms with Gasteiger partial charge < -0.3 is 18.8 Å². The van der Waals surface area contributed by atoms with E-state index < -0.39 is 0 Å². The lowest BCUT2D eigenvalue weighted by Gasteiger charge is -2.34. The summed E-state index contributed by atoms with van der Waals surface area (Å²) in [6, 6.07) is 11.9. The molecule has 1 fully saturated rings. The van der Waals surface area contributed by atoms with Gasteiger partial charge in [0, 0.05) is 49.8 Å². The molecule has 0 aliphatic carbocycles. The Hall–Kier alpha value is -3.28. The lowest BCUT2D eigenvalue weighted by atomic mass is 10.2. The van der Waals surface area contributed by atoms with E-state index in [1.54, 1.807) is 18.5 Å². The van der Waals surface area contributed by atoms with E-state index in [9.17, 15) is 4.79 Å². The Balaban J connectivity index is 1.38.